The molecule has 1 rings (SSSR count). The third kappa shape index (κ3) is 12.2. The van der Waals surface area contributed by atoms with Crippen molar-refractivity contribution in [3.8, 4) is 0 Å². The Morgan fingerprint density at radius 3 is 1.05 bits per heavy atom. The highest BCUT2D eigenvalue weighted by Crippen LogP contribution is 2.06. The van der Waals surface area contributed by atoms with E-state index in [-0.39, 0.29) is 0 Å². The molecule has 1 aromatic rings. The van der Waals surface area contributed by atoms with Crippen molar-refractivity contribution in [2.45, 2.75) is 13.8 Å². The second kappa shape index (κ2) is 11.9. The molecule has 0 fully saturated rings. The van der Waals surface area contributed by atoms with Crippen LogP contribution in [-0.2, 0) is 19.1 Å². The lowest BCUT2D eigenvalue weighted by Crippen LogP contribution is -2.04. The SMILES string of the molecule is CC(=O)O.CC(=O)O.COC(=O)c1ccc(C(=O)OC)cc1. The molecular formula is C14H18O8. The molecule has 0 radical (unpaired) electrons. The molecule has 0 aromatic heterocycles. The predicted molar refractivity (Wildman–Crippen MR) is 75.7 cm³/mol. The summed E-state index contributed by atoms with van der Waals surface area (Å²) in [7, 11) is 2.60. The maximum absolute atomic E-state index is 11.0. The zero-order chi connectivity index (χ0) is 17.7. The number of hydrogen-bond acceptors (Lipinski definition) is 6. The number of carbonyl (C=O) groups is 4. The summed E-state index contributed by atoms with van der Waals surface area (Å²) < 4.78 is 9.02. The Morgan fingerprint density at radius 1 is 0.727 bits per heavy atom. The van der Waals surface area contributed by atoms with Gasteiger partial charge in [0.2, 0.25) is 0 Å². The first-order valence-corrected chi connectivity index (χ1v) is 5.81. The normalized spacial score (nSPS) is 8.18. The zero-order valence-electron chi connectivity index (χ0n) is 12.7. The smallest absolute Gasteiger partial charge is 0.337 e. The van der Waals surface area contributed by atoms with Gasteiger partial charge in [-0.25, -0.2) is 9.59 Å². The number of rotatable bonds is 2. The molecule has 0 spiro atoms. The first-order chi connectivity index (χ1) is 10.1. The van der Waals surface area contributed by atoms with Gasteiger partial charge in [0.1, 0.15) is 0 Å². The van der Waals surface area contributed by atoms with E-state index in [1.807, 2.05) is 0 Å². The van der Waals surface area contributed by atoms with Gasteiger partial charge >= 0.3 is 11.9 Å². The maximum atomic E-state index is 11.0. The Balaban J connectivity index is 0. The summed E-state index contributed by atoms with van der Waals surface area (Å²) in [6.45, 7) is 2.17. The van der Waals surface area contributed by atoms with E-state index in [0.29, 0.717) is 11.1 Å². The van der Waals surface area contributed by atoms with Crippen molar-refractivity contribution in [2.75, 3.05) is 14.2 Å². The first kappa shape index (κ1) is 21.4. The Hall–Kier alpha value is -2.90. The van der Waals surface area contributed by atoms with E-state index in [0.717, 1.165) is 13.8 Å². The number of esters is 2. The second-order valence-corrected chi connectivity index (χ2v) is 3.60. The average molecular weight is 314 g/mol. The standard InChI is InChI=1S/C10H10O4.2C2H4O2/c1-13-9(11)7-3-5-8(6-4-7)10(12)14-2;2*1-2(3)4/h3-6H,1-2H3;2*1H3,(H,3,4). The van der Waals surface area contributed by atoms with Crippen LogP contribution in [0.25, 0.3) is 0 Å². The van der Waals surface area contributed by atoms with Crippen LogP contribution in [0.5, 0.6) is 0 Å². The Morgan fingerprint density at radius 2 is 0.909 bits per heavy atom. The van der Waals surface area contributed by atoms with Crippen molar-refractivity contribution >= 4 is 23.9 Å². The van der Waals surface area contributed by atoms with Crippen molar-refractivity contribution in [3.63, 3.8) is 0 Å². The maximum Gasteiger partial charge on any atom is 0.337 e. The van der Waals surface area contributed by atoms with Crippen LogP contribution in [0.1, 0.15) is 34.6 Å². The molecule has 1 aromatic carbocycles. The summed E-state index contributed by atoms with van der Waals surface area (Å²) in [4.78, 5) is 40.1. The van der Waals surface area contributed by atoms with E-state index >= 15 is 0 Å². The molecule has 0 saturated heterocycles. The number of benzene rings is 1. The van der Waals surface area contributed by atoms with Gasteiger partial charge in [-0.2, -0.15) is 0 Å². The minimum Gasteiger partial charge on any atom is -0.481 e. The van der Waals surface area contributed by atoms with Gasteiger partial charge < -0.3 is 19.7 Å². The molecule has 0 amide bonds. The minimum absolute atomic E-state index is 0.403. The number of carboxylic acid groups (broad SMARTS) is 2. The molecule has 0 aliphatic heterocycles. The summed E-state index contributed by atoms with van der Waals surface area (Å²) in [5.41, 5.74) is 0.806. The lowest BCUT2D eigenvalue weighted by atomic mass is 10.1. The Kier molecular flexibility index (Phi) is 11.6. The molecule has 0 bridgehead atoms. The molecule has 0 heterocycles. The van der Waals surface area contributed by atoms with Crippen LogP contribution in [0.4, 0.5) is 0 Å². The lowest BCUT2D eigenvalue weighted by Gasteiger charge is -2.00. The summed E-state index contributed by atoms with van der Waals surface area (Å²) in [5, 5.41) is 14.8. The molecule has 8 heteroatoms. The lowest BCUT2D eigenvalue weighted by molar-refractivity contribution is -0.135. The third-order valence-corrected chi connectivity index (χ3v) is 1.73. The van der Waals surface area contributed by atoms with E-state index in [1.54, 1.807) is 0 Å². The monoisotopic (exact) mass is 314 g/mol. The summed E-state index contributed by atoms with van der Waals surface area (Å²) in [6, 6.07) is 6.05. The van der Waals surface area contributed by atoms with Crippen LogP contribution >= 0.6 is 0 Å². The van der Waals surface area contributed by atoms with E-state index in [4.69, 9.17) is 19.8 Å². The van der Waals surface area contributed by atoms with E-state index < -0.39 is 23.9 Å². The van der Waals surface area contributed by atoms with Crippen LogP contribution in [0.3, 0.4) is 0 Å². The molecule has 0 aliphatic rings. The molecule has 122 valence electrons. The Bertz CT molecular complexity index is 449. The summed E-state index contributed by atoms with van der Waals surface area (Å²) in [5.74, 6) is -2.53. The summed E-state index contributed by atoms with van der Waals surface area (Å²) in [6.07, 6.45) is 0. The average Bonchev–Trinajstić information content (AvgIpc) is 2.44. The van der Waals surface area contributed by atoms with E-state index in [2.05, 4.69) is 9.47 Å². The molecular weight excluding hydrogens is 296 g/mol. The number of aliphatic carboxylic acids is 2. The molecule has 8 nitrogen and oxygen atoms in total. The fourth-order valence-electron chi connectivity index (χ4n) is 0.978. The molecule has 2 N–H and O–H groups in total. The number of carboxylic acids is 2. The van der Waals surface area contributed by atoms with Crippen LogP contribution in [0.2, 0.25) is 0 Å². The first-order valence-electron chi connectivity index (χ1n) is 5.81. The van der Waals surface area contributed by atoms with Crippen molar-refractivity contribution in [1.82, 2.24) is 0 Å². The van der Waals surface area contributed by atoms with Crippen molar-refractivity contribution in [1.29, 1.82) is 0 Å². The van der Waals surface area contributed by atoms with Gasteiger partial charge in [-0.15, -0.1) is 0 Å². The van der Waals surface area contributed by atoms with Crippen molar-refractivity contribution in [3.05, 3.63) is 35.4 Å². The van der Waals surface area contributed by atoms with Gasteiger partial charge in [-0.1, -0.05) is 0 Å². The molecule has 0 saturated carbocycles. The van der Waals surface area contributed by atoms with Gasteiger partial charge in [-0.3, -0.25) is 9.59 Å². The quantitative estimate of drug-likeness (QED) is 0.785. The number of carbonyl (C=O) groups excluding carboxylic acids is 2. The predicted octanol–water partition coefficient (Wildman–Crippen LogP) is 1.44. The zero-order valence-corrected chi connectivity index (χ0v) is 12.7. The van der Waals surface area contributed by atoms with E-state index in [1.165, 1.54) is 38.5 Å². The molecule has 0 unspecified atom stereocenters. The molecule has 22 heavy (non-hydrogen) atoms. The van der Waals surface area contributed by atoms with Crippen LogP contribution in [0.15, 0.2) is 24.3 Å². The number of methoxy groups -OCH3 is 2. The van der Waals surface area contributed by atoms with Gasteiger partial charge in [0.15, 0.2) is 0 Å². The van der Waals surface area contributed by atoms with Crippen LogP contribution in [0, 0.1) is 0 Å². The third-order valence-electron chi connectivity index (χ3n) is 1.73. The molecule has 0 atom stereocenters. The second-order valence-electron chi connectivity index (χ2n) is 3.60. The number of ether oxygens (including phenoxy) is 2. The van der Waals surface area contributed by atoms with Gasteiger partial charge in [0.05, 0.1) is 25.3 Å². The van der Waals surface area contributed by atoms with Crippen molar-refractivity contribution < 1.29 is 38.9 Å². The van der Waals surface area contributed by atoms with Gasteiger partial charge in [0.25, 0.3) is 11.9 Å². The number of hydrogen-bond donors (Lipinski definition) is 2. The Labute approximate surface area is 127 Å². The minimum atomic E-state index is -0.833. The fourth-order valence-corrected chi connectivity index (χ4v) is 0.978. The van der Waals surface area contributed by atoms with Gasteiger partial charge in [0, 0.05) is 13.8 Å². The highest BCUT2D eigenvalue weighted by atomic mass is 16.5. The van der Waals surface area contributed by atoms with Crippen LogP contribution in [-0.4, -0.2) is 48.3 Å². The van der Waals surface area contributed by atoms with Crippen LogP contribution < -0.4 is 0 Å². The summed E-state index contributed by atoms with van der Waals surface area (Å²) >= 11 is 0. The fraction of sp³-hybridized carbons (Fsp3) is 0.286. The van der Waals surface area contributed by atoms with E-state index in [9.17, 15) is 9.59 Å². The molecule has 0 aliphatic carbocycles. The van der Waals surface area contributed by atoms with Crippen molar-refractivity contribution in [2.24, 2.45) is 0 Å². The highest BCUT2D eigenvalue weighted by Gasteiger charge is 2.08. The topological polar surface area (TPSA) is 127 Å². The van der Waals surface area contributed by atoms with Gasteiger partial charge in [-0.05, 0) is 24.3 Å². The largest absolute Gasteiger partial charge is 0.481 e. The highest BCUT2D eigenvalue weighted by molar-refractivity contribution is 5.93.